The molecule has 0 aliphatic heterocycles. The Bertz CT molecular complexity index is 1150. The lowest BCUT2D eigenvalue weighted by Gasteiger charge is -2.09. The summed E-state index contributed by atoms with van der Waals surface area (Å²) >= 11 is 0. The number of fused-ring (bicyclic) bond motifs is 1. The van der Waals surface area contributed by atoms with Gasteiger partial charge < -0.3 is 14.8 Å². The van der Waals surface area contributed by atoms with Crippen molar-refractivity contribution in [2.75, 3.05) is 0 Å². The minimum absolute atomic E-state index is 0.0481. The molecule has 0 bridgehead atoms. The highest BCUT2D eigenvalue weighted by Crippen LogP contribution is 2.28. The van der Waals surface area contributed by atoms with E-state index in [9.17, 15) is 14.3 Å². The summed E-state index contributed by atoms with van der Waals surface area (Å²) in [7, 11) is 0. The molecular formula is C24H20FNO3. The molecule has 0 radical (unpaired) electrons. The second-order valence-corrected chi connectivity index (χ2v) is 6.91. The van der Waals surface area contributed by atoms with Crippen molar-refractivity contribution < 1.29 is 19.0 Å². The number of aromatic hydroxyl groups is 1. The van der Waals surface area contributed by atoms with Crippen molar-refractivity contribution in [2.24, 2.45) is 0 Å². The molecule has 146 valence electrons. The molecule has 0 fully saturated rings. The summed E-state index contributed by atoms with van der Waals surface area (Å²) in [6.07, 6.45) is 0.758. The Balaban J connectivity index is 1.37. The van der Waals surface area contributed by atoms with Crippen molar-refractivity contribution in [3.8, 4) is 11.5 Å². The maximum Gasteiger partial charge on any atom is 0.179 e. The number of Topliss-reactive ketones (excluding diaryl/α,β-unsaturated/α-hetero) is 1. The van der Waals surface area contributed by atoms with Crippen molar-refractivity contribution in [2.45, 2.75) is 19.4 Å². The average molecular weight is 389 g/mol. The lowest BCUT2D eigenvalue weighted by molar-refractivity contribution is 0.0979. The lowest BCUT2D eigenvalue weighted by Crippen LogP contribution is -2.02. The van der Waals surface area contributed by atoms with E-state index in [-0.39, 0.29) is 23.8 Å². The standard InChI is InChI=1S/C24H20FNO3/c25-19-8-9-20-18(13-19)14-21(26-20)22(27)10-6-16-7-11-24(23(28)12-16)29-15-17-4-2-1-3-5-17/h1-5,7-9,11-14,26,28H,6,10,15H2. The molecule has 1 aromatic heterocycles. The van der Waals surface area contributed by atoms with Crippen LogP contribution in [0.2, 0.25) is 0 Å². The molecule has 0 aliphatic carbocycles. The molecule has 4 rings (SSSR count). The van der Waals surface area contributed by atoms with Gasteiger partial charge in [-0.05, 0) is 53.9 Å². The first-order chi connectivity index (χ1) is 14.1. The van der Waals surface area contributed by atoms with E-state index in [1.165, 1.54) is 12.1 Å². The zero-order chi connectivity index (χ0) is 20.2. The van der Waals surface area contributed by atoms with Crippen molar-refractivity contribution in [1.82, 2.24) is 4.98 Å². The van der Waals surface area contributed by atoms with Crippen LogP contribution in [0.3, 0.4) is 0 Å². The molecule has 4 aromatic rings. The molecule has 0 aliphatic rings. The number of carbonyl (C=O) groups excluding carboxylic acids is 1. The number of ketones is 1. The monoisotopic (exact) mass is 389 g/mol. The Morgan fingerprint density at radius 2 is 1.79 bits per heavy atom. The van der Waals surface area contributed by atoms with Gasteiger partial charge in [0.05, 0.1) is 5.69 Å². The molecule has 0 saturated heterocycles. The Morgan fingerprint density at radius 1 is 0.966 bits per heavy atom. The molecule has 3 aromatic carbocycles. The first kappa shape index (κ1) is 18.7. The zero-order valence-electron chi connectivity index (χ0n) is 15.7. The van der Waals surface area contributed by atoms with E-state index in [2.05, 4.69) is 4.98 Å². The summed E-state index contributed by atoms with van der Waals surface area (Å²) in [4.78, 5) is 15.5. The van der Waals surface area contributed by atoms with Crippen LogP contribution >= 0.6 is 0 Å². The Morgan fingerprint density at radius 3 is 2.59 bits per heavy atom. The van der Waals surface area contributed by atoms with Gasteiger partial charge >= 0.3 is 0 Å². The van der Waals surface area contributed by atoms with Gasteiger partial charge in [0.1, 0.15) is 12.4 Å². The van der Waals surface area contributed by atoms with Gasteiger partial charge in [-0.1, -0.05) is 36.4 Å². The van der Waals surface area contributed by atoms with Crippen LogP contribution < -0.4 is 4.74 Å². The topological polar surface area (TPSA) is 62.3 Å². The second-order valence-electron chi connectivity index (χ2n) is 6.91. The summed E-state index contributed by atoms with van der Waals surface area (Å²) in [6.45, 7) is 0.368. The molecule has 2 N–H and O–H groups in total. The van der Waals surface area contributed by atoms with Gasteiger partial charge in [-0.3, -0.25) is 4.79 Å². The van der Waals surface area contributed by atoms with Crippen molar-refractivity contribution >= 4 is 16.7 Å². The number of hydrogen-bond donors (Lipinski definition) is 2. The van der Waals surface area contributed by atoms with Gasteiger partial charge in [0.15, 0.2) is 17.3 Å². The third-order valence-corrected chi connectivity index (χ3v) is 4.78. The normalized spacial score (nSPS) is 10.9. The van der Waals surface area contributed by atoms with Gasteiger partial charge in [0.25, 0.3) is 0 Å². The fourth-order valence-electron chi connectivity index (χ4n) is 3.22. The maximum absolute atomic E-state index is 13.3. The number of halogens is 1. The first-order valence-electron chi connectivity index (χ1n) is 9.38. The molecular weight excluding hydrogens is 369 g/mol. The molecule has 29 heavy (non-hydrogen) atoms. The number of aromatic nitrogens is 1. The number of phenolic OH excluding ortho intramolecular Hbond substituents is 1. The number of carbonyl (C=O) groups is 1. The largest absolute Gasteiger partial charge is 0.504 e. The van der Waals surface area contributed by atoms with Gasteiger partial charge in [-0.25, -0.2) is 4.39 Å². The predicted octanol–water partition coefficient (Wildman–Crippen LogP) is 5.41. The van der Waals surface area contributed by atoms with E-state index in [0.29, 0.717) is 29.9 Å². The molecule has 0 atom stereocenters. The number of rotatable bonds is 7. The van der Waals surface area contributed by atoms with Crippen LogP contribution in [-0.4, -0.2) is 15.9 Å². The van der Waals surface area contributed by atoms with Crippen LogP contribution in [0.1, 0.15) is 28.0 Å². The summed E-state index contributed by atoms with van der Waals surface area (Å²) in [5.41, 5.74) is 3.04. The molecule has 0 amide bonds. The number of aromatic amines is 1. The van der Waals surface area contributed by atoms with Gasteiger partial charge in [-0.2, -0.15) is 0 Å². The van der Waals surface area contributed by atoms with Crippen LogP contribution in [0.4, 0.5) is 4.39 Å². The van der Waals surface area contributed by atoms with Crippen LogP contribution in [0.5, 0.6) is 11.5 Å². The fourth-order valence-corrected chi connectivity index (χ4v) is 3.22. The van der Waals surface area contributed by atoms with Crippen LogP contribution in [-0.2, 0) is 13.0 Å². The van der Waals surface area contributed by atoms with Gasteiger partial charge in [0.2, 0.25) is 0 Å². The van der Waals surface area contributed by atoms with Crippen molar-refractivity contribution in [3.05, 3.63) is 95.4 Å². The lowest BCUT2D eigenvalue weighted by atomic mass is 10.1. The number of ether oxygens (including phenoxy) is 1. The van der Waals surface area contributed by atoms with E-state index in [1.807, 2.05) is 36.4 Å². The van der Waals surface area contributed by atoms with E-state index in [0.717, 1.165) is 16.6 Å². The molecule has 0 saturated carbocycles. The second kappa shape index (κ2) is 8.19. The maximum atomic E-state index is 13.3. The Labute approximate surface area is 167 Å². The van der Waals surface area contributed by atoms with Crippen LogP contribution in [0.15, 0.2) is 72.8 Å². The van der Waals surface area contributed by atoms with Crippen molar-refractivity contribution in [1.29, 1.82) is 0 Å². The van der Waals surface area contributed by atoms with E-state index in [1.54, 1.807) is 24.3 Å². The highest BCUT2D eigenvalue weighted by molar-refractivity contribution is 5.99. The van der Waals surface area contributed by atoms with E-state index < -0.39 is 0 Å². The van der Waals surface area contributed by atoms with Crippen LogP contribution in [0.25, 0.3) is 10.9 Å². The number of phenols is 1. The Kier molecular flexibility index (Phi) is 5.29. The minimum Gasteiger partial charge on any atom is -0.504 e. The summed E-state index contributed by atoms with van der Waals surface area (Å²) in [5.74, 6) is 0.0552. The summed E-state index contributed by atoms with van der Waals surface area (Å²) < 4.78 is 19.0. The molecule has 5 heteroatoms. The highest BCUT2D eigenvalue weighted by Gasteiger charge is 2.11. The fraction of sp³-hybridized carbons (Fsp3) is 0.125. The highest BCUT2D eigenvalue weighted by atomic mass is 19.1. The zero-order valence-corrected chi connectivity index (χ0v) is 15.7. The SMILES string of the molecule is O=C(CCc1ccc(OCc2ccccc2)c(O)c1)c1cc2cc(F)ccc2[nH]1. The average Bonchev–Trinajstić information content (AvgIpc) is 3.15. The number of nitrogens with one attached hydrogen (secondary N) is 1. The third kappa shape index (κ3) is 4.46. The van der Waals surface area contributed by atoms with E-state index in [4.69, 9.17) is 4.74 Å². The van der Waals surface area contributed by atoms with Crippen molar-refractivity contribution in [3.63, 3.8) is 0 Å². The van der Waals surface area contributed by atoms with Gasteiger partial charge in [-0.15, -0.1) is 0 Å². The number of benzene rings is 3. The molecule has 0 spiro atoms. The third-order valence-electron chi connectivity index (χ3n) is 4.78. The number of hydrogen-bond acceptors (Lipinski definition) is 3. The Hall–Kier alpha value is -3.60. The molecule has 1 heterocycles. The quantitative estimate of drug-likeness (QED) is 0.416. The predicted molar refractivity (Wildman–Crippen MR) is 110 cm³/mol. The summed E-state index contributed by atoms with van der Waals surface area (Å²) in [5, 5.41) is 10.9. The molecule has 4 nitrogen and oxygen atoms in total. The number of aryl methyl sites for hydroxylation is 1. The first-order valence-corrected chi connectivity index (χ1v) is 9.38. The molecule has 0 unspecified atom stereocenters. The summed E-state index contributed by atoms with van der Waals surface area (Å²) in [6, 6.07) is 20.9. The van der Waals surface area contributed by atoms with Gasteiger partial charge in [0, 0.05) is 17.3 Å². The minimum atomic E-state index is -0.333. The van der Waals surface area contributed by atoms with Crippen LogP contribution in [0, 0.1) is 5.82 Å². The smallest absolute Gasteiger partial charge is 0.179 e. The van der Waals surface area contributed by atoms with E-state index >= 15 is 0 Å². The number of H-pyrrole nitrogens is 1.